The number of primary sulfonamides is 1. The summed E-state index contributed by atoms with van der Waals surface area (Å²) in [7, 11) is -2.87. The highest BCUT2D eigenvalue weighted by Crippen LogP contribution is 2.24. The molecule has 0 aromatic heterocycles. The Labute approximate surface area is 130 Å². The Balaban J connectivity index is 2.36. The largest absolute Gasteiger partial charge is 0.495 e. The Morgan fingerprint density at radius 2 is 1.87 bits per heavy atom. The van der Waals surface area contributed by atoms with Crippen LogP contribution in [0, 0.1) is 11.6 Å². The van der Waals surface area contributed by atoms with Crippen molar-refractivity contribution in [2.45, 2.75) is 4.90 Å². The molecule has 0 spiro atoms. The lowest BCUT2D eigenvalue weighted by Gasteiger charge is -2.10. The van der Waals surface area contributed by atoms with Gasteiger partial charge >= 0.3 is 0 Å². The Hall–Kier alpha value is -2.52. The maximum atomic E-state index is 13.5. The highest BCUT2D eigenvalue weighted by atomic mass is 32.2. The topological polar surface area (TPSA) is 98.5 Å². The highest BCUT2D eigenvalue weighted by Gasteiger charge is 2.18. The first-order valence-electron chi connectivity index (χ1n) is 6.19. The molecule has 2 aromatic carbocycles. The van der Waals surface area contributed by atoms with E-state index in [0.717, 1.165) is 18.2 Å². The zero-order chi connectivity index (χ0) is 17.2. The van der Waals surface area contributed by atoms with E-state index in [0.29, 0.717) is 6.07 Å². The molecule has 0 aliphatic carbocycles. The van der Waals surface area contributed by atoms with Crippen LogP contribution in [0.3, 0.4) is 0 Å². The summed E-state index contributed by atoms with van der Waals surface area (Å²) in [5.74, 6) is -2.57. The van der Waals surface area contributed by atoms with Crippen molar-refractivity contribution in [1.82, 2.24) is 0 Å². The molecule has 0 atom stereocenters. The van der Waals surface area contributed by atoms with Crippen LogP contribution in [0.1, 0.15) is 10.4 Å². The van der Waals surface area contributed by atoms with Gasteiger partial charge in [-0.2, -0.15) is 0 Å². The lowest BCUT2D eigenvalue weighted by Crippen LogP contribution is -2.17. The summed E-state index contributed by atoms with van der Waals surface area (Å²) in [4.78, 5) is 11.7. The number of halogens is 2. The van der Waals surface area contributed by atoms with Crippen molar-refractivity contribution in [2.75, 3.05) is 12.4 Å². The molecule has 0 saturated heterocycles. The second kappa shape index (κ2) is 6.31. The molecule has 0 fully saturated rings. The minimum atomic E-state index is -4.12. The molecule has 2 aromatic rings. The lowest BCUT2D eigenvalue weighted by molar-refractivity contribution is 0.102. The van der Waals surface area contributed by atoms with Gasteiger partial charge in [-0.3, -0.25) is 4.79 Å². The fraction of sp³-hybridized carbons (Fsp3) is 0.0714. The number of rotatable bonds is 4. The first-order valence-corrected chi connectivity index (χ1v) is 7.74. The number of hydrogen-bond donors (Lipinski definition) is 2. The number of anilines is 1. The predicted octanol–water partition coefficient (Wildman–Crippen LogP) is 1.87. The summed E-state index contributed by atoms with van der Waals surface area (Å²) in [6.45, 7) is 0. The van der Waals surface area contributed by atoms with Gasteiger partial charge in [0.05, 0.1) is 12.8 Å². The Bertz CT molecular complexity index is 869. The number of benzene rings is 2. The average Bonchev–Trinajstić information content (AvgIpc) is 2.48. The van der Waals surface area contributed by atoms with Gasteiger partial charge in [0.25, 0.3) is 5.91 Å². The number of carbonyl (C=O) groups is 1. The number of amides is 1. The molecule has 23 heavy (non-hydrogen) atoms. The van der Waals surface area contributed by atoms with Crippen LogP contribution in [0.25, 0.3) is 0 Å². The van der Waals surface area contributed by atoms with E-state index >= 15 is 0 Å². The molecule has 6 nitrogen and oxygen atoms in total. The van der Waals surface area contributed by atoms with Crippen LogP contribution < -0.4 is 15.2 Å². The fourth-order valence-corrected chi connectivity index (χ4v) is 2.55. The summed E-state index contributed by atoms with van der Waals surface area (Å²) in [5, 5.41) is 7.27. The van der Waals surface area contributed by atoms with Crippen molar-refractivity contribution < 1.29 is 26.7 Å². The third kappa shape index (κ3) is 3.82. The first kappa shape index (κ1) is 16.8. The summed E-state index contributed by atoms with van der Waals surface area (Å²) >= 11 is 0. The molecule has 0 bridgehead atoms. The second-order valence-corrected chi connectivity index (χ2v) is 6.02. The van der Waals surface area contributed by atoms with E-state index in [9.17, 15) is 22.0 Å². The maximum Gasteiger partial charge on any atom is 0.255 e. The molecule has 0 aliphatic rings. The van der Waals surface area contributed by atoms with Gasteiger partial charge in [0, 0.05) is 11.6 Å². The normalized spacial score (nSPS) is 11.1. The van der Waals surface area contributed by atoms with Crippen molar-refractivity contribution in [1.29, 1.82) is 0 Å². The number of sulfonamides is 1. The molecule has 0 aliphatic heterocycles. The Kier molecular flexibility index (Phi) is 4.62. The number of nitrogens with two attached hydrogens (primary N) is 1. The van der Waals surface area contributed by atoms with Crippen LogP contribution in [0.15, 0.2) is 41.3 Å². The molecule has 0 unspecified atom stereocenters. The molecular formula is C14H12F2N2O4S. The van der Waals surface area contributed by atoms with E-state index < -0.39 is 27.6 Å². The van der Waals surface area contributed by atoms with E-state index in [-0.39, 0.29) is 21.9 Å². The van der Waals surface area contributed by atoms with Gasteiger partial charge in [-0.25, -0.2) is 22.3 Å². The van der Waals surface area contributed by atoms with E-state index in [1.165, 1.54) is 19.2 Å². The number of ether oxygens (including phenoxy) is 1. The smallest absolute Gasteiger partial charge is 0.255 e. The number of nitrogens with one attached hydrogen (secondary N) is 1. The van der Waals surface area contributed by atoms with Crippen LogP contribution in [0.4, 0.5) is 14.5 Å². The van der Waals surface area contributed by atoms with Gasteiger partial charge in [0.2, 0.25) is 10.0 Å². The third-order valence-electron chi connectivity index (χ3n) is 2.91. The number of methoxy groups -OCH3 is 1. The molecule has 0 heterocycles. The molecule has 1 amide bonds. The van der Waals surface area contributed by atoms with Crippen molar-refractivity contribution in [2.24, 2.45) is 5.14 Å². The van der Waals surface area contributed by atoms with Crippen molar-refractivity contribution in [3.63, 3.8) is 0 Å². The third-order valence-corrected chi connectivity index (χ3v) is 3.84. The standard InChI is InChI=1S/C14H12F2N2O4S/c1-22-12-5-2-8(6-13(12)23(17,20)21)14(19)18-11-4-3-9(15)7-10(11)16/h2-7H,1H3,(H,18,19)(H2,17,20,21). The summed E-state index contributed by atoms with van der Waals surface area (Å²) in [6.07, 6.45) is 0. The number of carbonyl (C=O) groups excluding carboxylic acids is 1. The Morgan fingerprint density at radius 3 is 2.43 bits per heavy atom. The van der Waals surface area contributed by atoms with Crippen LogP contribution in [0.2, 0.25) is 0 Å². The fourth-order valence-electron chi connectivity index (χ4n) is 1.83. The monoisotopic (exact) mass is 342 g/mol. The first-order chi connectivity index (χ1) is 10.7. The molecule has 0 saturated carbocycles. The lowest BCUT2D eigenvalue weighted by atomic mass is 10.2. The van der Waals surface area contributed by atoms with Crippen LogP contribution in [-0.4, -0.2) is 21.4 Å². The molecule has 9 heteroatoms. The van der Waals surface area contributed by atoms with Crippen LogP contribution in [-0.2, 0) is 10.0 Å². The van der Waals surface area contributed by atoms with Gasteiger partial charge in [-0.1, -0.05) is 0 Å². The molecular weight excluding hydrogens is 330 g/mol. The molecule has 0 radical (unpaired) electrons. The van der Waals surface area contributed by atoms with Crippen molar-refractivity contribution in [3.05, 3.63) is 53.6 Å². The van der Waals surface area contributed by atoms with E-state index in [1.807, 2.05) is 0 Å². The summed E-state index contributed by atoms with van der Waals surface area (Å²) in [6, 6.07) is 6.17. The quantitative estimate of drug-likeness (QED) is 0.886. The predicted molar refractivity (Wildman–Crippen MR) is 78.7 cm³/mol. The van der Waals surface area contributed by atoms with Gasteiger partial charge in [-0.05, 0) is 30.3 Å². The molecule has 2 rings (SSSR count). The maximum absolute atomic E-state index is 13.5. The highest BCUT2D eigenvalue weighted by molar-refractivity contribution is 7.89. The molecule has 122 valence electrons. The van der Waals surface area contributed by atoms with Crippen molar-refractivity contribution in [3.8, 4) is 5.75 Å². The van der Waals surface area contributed by atoms with Crippen LogP contribution in [0.5, 0.6) is 5.75 Å². The second-order valence-electron chi connectivity index (χ2n) is 4.49. The summed E-state index contributed by atoms with van der Waals surface area (Å²) < 4.78 is 54.2. The van der Waals surface area contributed by atoms with E-state index in [2.05, 4.69) is 5.32 Å². The molecule has 3 N–H and O–H groups in total. The van der Waals surface area contributed by atoms with Crippen LogP contribution >= 0.6 is 0 Å². The zero-order valence-electron chi connectivity index (χ0n) is 11.8. The van der Waals surface area contributed by atoms with Gasteiger partial charge in [0.1, 0.15) is 22.3 Å². The van der Waals surface area contributed by atoms with Crippen molar-refractivity contribution >= 4 is 21.6 Å². The van der Waals surface area contributed by atoms with Gasteiger partial charge < -0.3 is 10.1 Å². The SMILES string of the molecule is COc1ccc(C(=O)Nc2ccc(F)cc2F)cc1S(N)(=O)=O. The minimum absolute atomic E-state index is 0.0305. The van der Waals surface area contributed by atoms with Gasteiger partial charge in [-0.15, -0.1) is 0 Å². The Morgan fingerprint density at radius 1 is 1.17 bits per heavy atom. The number of hydrogen-bond acceptors (Lipinski definition) is 4. The van der Waals surface area contributed by atoms with E-state index in [4.69, 9.17) is 9.88 Å². The summed E-state index contributed by atoms with van der Waals surface area (Å²) in [5.41, 5.74) is -0.331. The average molecular weight is 342 g/mol. The zero-order valence-corrected chi connectivity index (χ0v) is 12.7. The minimum Gasteiger partial charge on any atom is -0.495 e. The van der Waals surface area contributed by atoms with E-state index in [1.54, 1.807) is 0 Å². The van der Waals surface area contributed by atoms with Gasteiger partial charge in [0.15, 0.2) is 0 Å².